The van der Waals surface area contributed by atoms with Gasteiger partial charge in [-0.1, -0.05) is 0 Å². The molecule has 0 saturated carbocycles. The van der Waals surface area contributed by atoms with Crippen LogP contribution >= 0.6 is 27.3 Å². The monoisotopic (exact) mass is 271 g/mol. The minimum atomic E-state index is 0.726. The minimum absolute atomic E-state index is 0.726. The zero-order chi connectivity index (χ0) is 10.3. The number of aryl methyl sites for hydroxylation is 1. The van der Waals surface area contributed by atoms with Gasteiger partial charge in [-0.3, -0.25) is 4.68 Å². The van der Waals surface area contributed by atoms with Gasteiger partial charge in [0.2, 0.25) is 0 Å². The number of hydrogen-bond donors (Lipinski definition) is 1. The molecule has 0 unspecified atom stereocenters. The standard InChI is InChI=1S/C9H10BrN3S/c1-5-8(12-13(2)9(5)11)6-3-4-7(10)14-6/h3-4H,11H2,1-2H3. The summed E-state index contributed by atoms with van der Waals surface area (Å²) in [4.78, 5) is 1.14. The highest BCUT2D eigenvalue weighted by Crippen LogP contribution is 2.33. The molecule has 0 aliphatic heterocycles. The highest BCUT2D eigenvalue weighted by Gasteiger charge is 2.12. The third-order valence-corrected chi connectivity index (χ3v) is 3.78. The van der Waals surface area contributed by atoms with Crippen LogP contribution in [0.1, 0.15) is 5.56 Å². The van der Waals surface area contributed by atoms with Crippen LogP contribution in [0.25, 0.3) is 10.6 Å². The Labute approximate surface area is 94.7 Å². The number of nitrogen functional groups attached to an aromatic ring is 1. The Morgan fingerprint density at radius 1 is 1.50 bits per heavy atom. The van der Waals surface area contributed by atoms with E-state index in [0.29, 0.717) is 0 Å². The second-order valence-electron chi connectivity index (χ2n) is 3.09. The van der Waals surface area contributed by atoms with Crippen molar-refractivity contribution >= 4 is 33.1 Å². The fraction of sp³-hybridized carbons (Fsp3) is 0.222. The van der Waals surface area contributed by atoms with Crippen LogP contribution in [-0.4, -0.2) is 9.78 Å². The molecule has 3 nitrogen and oxygen atoms in total. The Hall–Kier alpha value is -0.810. The summed E-state index contributed by atoms with van der Waals surface area (Å²) in [6.45, 7) is 1.99. The molecule has 2 rings (SSSR count). The Bertz CT molecular complexity index is 472. The van der Waals surface area contributed by atoms with Crippen molar-refractivity contribution in [2.45, 2.75) is 6.92 Å². The third-order valence-electron chi connectivity index (χ3n) is 2.14. The maximum Gasteiger partial charge on any atom is 0.124 e. The molecule has 0 saturated heterocycles. The maximum atomic E-state index is 5.84. The predicted molar refractivity (Wildman–Crippen MR) is 63.4 cm³/mol. The Morgan fingerprint density at radius 3 is 2.64 bits per heavy atom. The first-order valence-corrected chi connectivity index (χ1v) is 5.75. The van der Waals surface area contributed by atoms with Crippen LogP contribution < -0.4 is 5.73 Å². The molecule has 0 radical (unpaired) electrons. The summed E-state index contributed by atoms with van der Waals surface area (Å²) >= 11 is 5.09. The Morgan fingerprint density at radius 2 is 2.21 bits per heavy atom. The van der Waals surface area contributed by atoms with Crippen LogP contribution in [0.15, 0.2) is 15.9 Å². The highest BCUT2D eigenvalue weighted by molar-refractivity contribution is 9.11. The topological polar surface area (TPSA) is 43.8 Å². The molecule has 0 atom stereocenters. The summed E-state index contributed by atoms with van der Waals surface area (Å²) in [5.41, 5.74) is 7.86. The van der Waals surface area contributed by atoms with Crippen molar-refractivity contribution in [3.63, 3.8) is 0 Å². The summed E-state index contributed by atoms with van der Waals surface area (Å²) in [5.74, 6) is 0.726. The van der Waals surface area contributed by atoms with Gasteiger partial charge < -0.3 is 5.73 Å². The van der Waals surface area contributed by atoms with Crippen LogP contribution in [-0.2, 0) is 7.05 Å². The van der Waals surface area contributed by atoms with Gasteiger partial charge in [0.25, 0.3) is 0 Å². The first-order chi connectivity index (χ1) is 6.59. The molecular formula is C9H10BrN3S. The van der Waals surface area contributed by atoms with Gasteiger partial charge in [-0.25, -0.2) is 0 Å². The second kappa shape index (κ2) is 3.40. The maximum absolute atomic E-state index is 5.84. The van der Waals surface area contributed by atoms with Crippen molar-refractivity contribution in [3.8, 4) is 10.6 Å². The Kier molecular flexibility index (Phi) is 2.36. The first kappa shape index (κ1) is 9.73. The lowest BCUT2D eigenvalue weighted by Crippen LogP contribution is -1.97. The summed E-state index contributed by atoms with van der Waals surface area (Å²) in [7, 11) is 1.86. The van der Waals surface area contributed by atoms with Gasteiger partial charge in [0, 0.05) is 12.6 Å². The second-order valence-corrected chi connectivity index (χ2v) is 5.55. The van der Waals surface area contributed by atoms with Gasteiger partial charge in [-0.2, -0.15) is 5.10 Å². The summed E-state index contributed by atoms with van der Waals surface area (Å²) in [5, 5.41) is 4.37. The average Bonchev–Trinajstić information content (AvgIpc) is 2.66. The van der Waals surface area contributed by atoms with E-state index in [0.717, 1.165) is 25.7 Å². The average molecular weight is 272 g/mol. The number of nitrogens with two attached hydrogens (primary N) is 1. The van der Waals surface area contributed by atoms with Crippen LogP contribution in [0.4, 0.5) is 5.82 Å². The molecule has 0 aliphatic rings. The van der Waals surface area contributed by atoms with E-state index in [2.05, 4.69) is 21.0 Å². The van der Waals surface area contributed by atoms with E-state index in [-0.39, 0.29) is 0 Å². The largest absolute Gasteiger partial charge is 0.384 e. The fourth-order valence-electron chi connectivity index (χ4n) is 1.32. The molecule has 14 heavy (non-hydrogen) atoms. The molecule has 2 aromatic rings. The molecule has 0 spiro atoms. The summed E-state index contributed by atoms with van der Waals surface area (Å²) < 4.78 is 2.81. The number of anilines is 1. The first-order valence-electron chi connectivity index (χ1n) is 4.14. The van der Waals surface area contributed by atoms with Gasteiger partial charge in [-0.05, 0) is 35.0 Å². The lowest BCUT2D eigenvalue weighted by Gasteiger charge is -1.92. The van der Waals surface area contributed by atoms with Gasteiger partial charge >= 0.3 is 0 Å². The number of nitrogens with zero attached hydrogens (tertiary/aromatic N) is 2. The van der Waals surface area contributed by atoms with Gasteiger partial charge in [0.15, 0.2) is 0 Å². The van der Waals surface area contributed by atoms with E-state index in [1.54, 1.807) is 16.0 Å². The van der Waals surface area contributed by atoms with Gasteiger partial charge in [0.05, 0.1) is 8.66 Å². The van der Waals surface area contributed by atoms with Crippen molar-refractivity contribution in [3.05, 3.63) is 21.5 Å². The molecule has 74 valence electrons. The molecular weight excluding hydrogens is 262 g/mol. The van der Waals surface area contributed by atoms with E-state index in [4.69, 9.17) is 5.73 Å². The summed E-state index contributed by atoms with van der Waals surface area (Å²) in [6, 6.07) is 4.06. The zero-order valence-electron chi connectivity index (χ0n) is 7.91. The normalized spacial score (nSPS) is 10.8. The van der Waals surface area contributed by atoms with Crippen molar-refractivity contribution < 1.29 is 0 Å². The predicted octanol–water partition coefficient (Wildman–Crippen LogP) is 2.80. The zero-order valence-corrected chi connectivity index (χ0v) is 10.3. The highest BCUT2D eigenvalue weighted by atomic mass is 79.9. The van der Waals surface area contributed by atoms with E-state index in [1.807, 2.05) is 26.1 Å². The molecule has 2 aromatic heterocycles. The van der Waals surface area contributed by atoms with E-state index in [9.17, 15) is 0 Å². The molecule has 5 heteroatoms. The number of rotatable bonds is 1. The quantitative estimate of drug-likeness (QED) is 0.867. The van der Waals surface area contributed by atoms with Crippen LogP contribution in [0, 0.1) is 6.92 Å². The van der Waals surface area contributed by atoms with E-state index in [1.165, 1.54) is 0 Å². The molecule has 0 amide bonds. The van der Waals surface area contributed by atoms with E-state index >= 15 is 0 Å². The number of halogens is 1. The SMILES string of the molecule is Cc1c(-c2ccc(Br)s2)nn(C)c1N. The molecule has 2 N–H and O–H groups in total. The number of aromatic nitrogens is 2. The van der Waals surface area contributed by atoms with Crippen molar-refractivity contribution in [1.82, 2.24) is 9.78 Å². The van der Waals surface area contributed by atoms with Crippen molar-refractivity contribution in [2.24, 2.45) is 7.05 Å². The number of thiophene rings is 1. The van der Waals surface area contributed by atoms with Crippen LogP contribution in [0.3, 0.4) is 0 Å². The van der Waals surface area contributed by atoms with Crippen LogP contribution in [0.5, 0.6) is 0 Å². The molecule has 0 bridgehead atoms. The Balaban J connectivity index is 2.57. The van der Waals surface area contributed by atoms with Crippen molar-refractivity contribution in [1.29, 1.82) is 0 Å². The van der Waals surface area contributed by atoms with Gasteiger partial charge in [-0.15, -0.1) is 11.3 Å². The smallest absolute Gasteiger partial charge is 0.124 e. The molecule has 2 heterocycles. The minimum Gasteiger partial charge on any atom is -0.384 e. The summed E-state index contributed by atoms with van der Waals surface area (Å²) in [6.07, 6.45) is 0. The number of hydrogen-bond acceptors (Lipinski definition) is 3. The lowest BCUT2D eigenvalue weighted by atomic mass is 10.2. The van der Waals surface area contributed by atoms with Crippen molar-refractivity contribution in [2.75, 3.05) is 5.73 Å². The van der Waals surface area contributed by atoms with E-state index < -0.39 is 0 Å². The van der Waals surface area contributed by atoms with Crippen LogP contribution in [0.2, 0.25) is 0 Å². The fourth-order valence-corrected chi connectivity index (χ4v) is 2.75. The molecule has 0 fully saturated rings. The molecule has 0 aliphatic carbocycles. The van der Waals surface area contributed by atoms with Gasteiger partial charge in [0.1, 0.15) is 11.5 Å². The third kappa shape index (κ3) is 1.46. The lowest BCUT2D eigenvalue weighted by molar-refractivity contribution is 0.782. The molecule has 0 aromatic carbocycles.